The summed E-state index contributed by atoms with van der Waals surface area (Å²) >= 11 is 0. The van der Waals surface area contributed by atoms with Gasteiger partial charge in [0.05, 0.1) is 25.5 Å². The summed E-state index contributed by atoms with van der Waals surface area (Å²) in [5.41, 5.74) is 0.612. The van der Waals surface area contributed by atoms with Gasteiger partial charge in [0.1, 0.15) is 0 Å². The summed E-state index contributed by atoms with van der Waals surface area (Å²) < 4.78 is 34.0. The van der Waals surface area contributed by atoms with Gasteiger partial charge in [-0.15, -0.1) is 0 Å². The number of nitrogens with one attached hydrogen (secondary N) is 1. The monoisotopic (exact) mass is 339 g/mol. The third-order valence-electron chi connectivity index (χ3n) is 3.09. The van der Waals surface area contributed by atoms with E-state index in [0.29, 0.717) is 5.56 Å². The predicted molar refractivity (Wildman–Crippen MR) is 79.2 cm³/mol. The maximum Gasteiger partial charge on any atom is 0.387 e. The van der Waals surface area contributed by atoms with Crippen molar-refractivity contribution in [3.63, 3.8) is 0 Å². The fourth-order valence-electron chi connectivity index (χ4n) is 1.93. The summed E-state index contributed by atoms with van der Waals surface area (Å²) in [4.78, 5) is 19.4. The first-order valence-electron chi connectivity index (χ1n) is 6.85. The average molecular weight is 339 g/mol. The highest BCUT2D eigenvalue weighted by atomic mass is 19.3. The smallest absolute Gasteiger partial charge is 0.387 e. The fraction of sp³-hybridized carbons (Fsp3) is 0.267. The predicted octanol–water partition coefficient (Wildman–Crippen LogP) is 2.28. The van der Waals surface area contributed by atoms with Crippen molar-refractivity contribution >= 4 is 5.91 Å². The molecule has 7 nitrogen and oxygen atoms in total. The van der Waals surface area contributed by atoms with Gasteiger partial charge >= 0.3 is 6.61 Å². The number of aromatic nitrogens is 2. The van der Waals surface area contributed by atoms with Crippen LogP contribution in [0.15, 0.2) is 30.6 Å². The van der Waals surface area contributed by atoms with Crippen LogP contribution in [-0.2, 0) is 0 Å². The molecule has 128 valence electrons. The number of benzene rings is 1. The molecule has 1 heterocycles. The quantitative estimate of drug-likeness (QED) is 0.839. The zero-order chi connectivity index (χ0) is 17.7. The third-order valence-corrected chi connectivity index (χ3v) is 3.09. The van der Waals surface area contributed by atoms with E-state index < -0.39 is 18.6 Å². The maximum absolute atomic E-state index is 12.3. The van der Waals surface area contributed by atoms with Gasteiger partial charge in [-0.05, 0) is 24.6 Å². The molecule has 1 aromatic carbocycles. The van der Waals surface area contributed by atoms with Crippen molar-refractivity contribution in [1.82, 2.24) is 15.3 Å². The highest BCUT2D eigenvalue weighted by molar-refractivity contribution is 5.90. The summed E-state index contributed by atoms with van der Waals surface area (Å²) in [6.07, 6.45) is 2.21. The van der Waals surface area contributed by atoms with E-state index in [4.69, 9.17) is 9.84 Å². The number of methoxy groups -OCH3 is 1. The van der Waals surface area contributed by atoms with Gasteiger partial charge < -0.3 is 19.9 Å². The number of carbonyl (C=O) groups is 1. The van der Waals surface area contributed by atoms with Crippen molar-refractivity contribution < 1.29 is 28.2 Å². The Balaban J connectivity index is 2.12. The van der Waals surface area contributed by atoms with E-state index in [1.165, 1.54) is 25.3 Å². The van der Waals surface area contributed by atoms with E-state index in [9.17, 15) is 13.6 Å². The van der Waals surface area contributed by atoms with Crippen molar-refractivity contribution in [3.8, 4) is 17.2 Å². The molecule has 0 aliphatic heterocycles. The molecular weight excluding hydrogens is 324 g/mol. The second-order valence-corrected chi connectivity index (χ2v) is 4.75. The van der Waals surface area contributed by atoms with Gasteiger partial charge in [0.15, 0.2) is 17.2 Å². The first-order chi connectivity index (χ1) is 11.4. The van der Waals surface area contributed by atoms with Crippen LogP contribution in [0.3, 0.4) is 0 Å². The number of hydrogen-bond acceptors (Lipinski definition) is 6. The zero-order valence-corrected chi connectivity index (χ0v) is 12.9. The van der Waals surface area contributed by atoms with Crippen molar-refractivity contribution in [3.05, 3.63) is 42.0 Å². The van der Waals surface area contributed by atoms with Crippen LogP contribution in [0.5, 0.6) is 17.2 Å². The molecule has 1 atom stereocenters. The molecule has 2 aromatic rings. The van der Waals surface area contributed by atoms with Gasteiger partial charge in [-0.1, -0.05) is 6.07 Å². The largest absolute Gasteiger partial charge is 0.505 e. The summed E-state index contributed by atoms with van der Waals surface area (Å²) in [6, 6.07) is 3.88. The van der Waals surface area contributed by atoms with Crippen molar-refractivity contribution in [1.29, 1.82) is 0 Å². The Hall–Kier alpha value is -2.97. The maximum atomic E-state index is 12.3. The molecular formula is C15H15F2N3O4. The number of amides is 1. The number of alkyl halides is 2. The normalized spacial score (nSPS) is 11.9. The molecule has 0 fully saturated rings. The Bertz CT molecular complexity index is 710. The molecule has 0 aliphatic carbocycles. The minimum absolute atomic E-state index is 0.100. The first kappa shape index (κ1) is 17.4. The van der Waals surface area contributed by atoms with Crippen LogP contribution in [-0.4, -0.2) is 34.7 Å². The molecule has 2 rings (SSSR count). The molecule has 9 heteroatoms. The number of aromatic hydroxyl groups is 1. The Morgan fingerprint density at radius 1 is 1.25 bits per heavy atom. The van der Waals surface area contributed by atoms with Gasteiger partial charge in [0.2, 0.25) is 5.82 Å². The van der Waals surface area contributed by atoms with E-state index in [-0.39, 0.29) is 23.1 Å². The summed E-state index contributed by atoms with van der Waals surface area (Å²) in [7, 11) is 1.32. The van der Waals surface area contributed by atoms with Crippen molar-refractivity contribution in [2.24, 2.45) is 0 Å². The topological polar surface area (TPSA) is 93.6 Å². The molecule has 1 amide bonds. The van der Waals surface area contributed by atoms with E-state index in [1.807, 2.05) is 0 Å². The van der Waals surface area contributed by atoms with Crippen LogP contribution in [0, 0.1) is 0 Å². The van der Waals surface area contributed by atoms with Gasteiger partial charge in [-0.3, -0.25) is 4.79 Å². The van der Waals surface area contributed by atoms with Crippen LogP contribution in [0.4, 0.5) is 8.78 Å². The Kier molecular flexibility index (Phi) is 5.46. The van der Waals surface area contributed by atoms with Gasteiger partial charge in [0, 0.05) is 0 Å². The second-order valence-electron chi connectivity index (χ2n) is 4.75. The van der Waals surface area contributed by atoms with Gasteiger partial charge in [0.25, 0.3) is 5.91 Å². The Labute approximate surface area is 136 Å². The summed E-state index contributed by atoms with van der Waals surface area (Å²) in [6.45, 7) is -1.27. The lowest BCUT2D eigenvalue weighted by atomic mass is 10.1. The van der Waals surface area contributed by atoms with Crippen LogP contribution < -0.4 is 14.8 Å². The molecule has 0 saturated heterocycles. The van der Waals surface area contributed by atoms with E-state index >= 15 is 0 Å². The number of nitrogens with zero attached hydrogens (tertiary/aromatic N) is 2. The van der Waals surface area contributed by atoms with Crippen LogP contribution in [0.2, 0.25) is 0 Å². The molecule has 1 unspecified atom stereocenters. The first-order valence-corrected chi connectivity index (χ1v) is 6.85. The zero-order valence-electron chi connectivity index (χ0n) is 12.9. The lowest BCUT2D eigenvalue weighted by Crippen LogP contribution is -2.28. The van der Waals surface area contributed by atoms with Crippen molar-refractivity contribution in [2.45, 2.75) is 19.6 Å². The standard InChI is InChI=1S/C15H15F2N3O4/c1-8(20-14(22)13-18-6-10(21)7-19-13)9-3-4-11(24-15(16)17)12(5-9)23-2/h3-8,15,21H,1-2H3,(H,20,22). The van der Waals surface area contributed by atoms with Gasteiger partial charge in [-0.25, -0.2) is 9.97 Å². The minimum atomic E-state index is -2.96. The average Bonchev–Trinajstić information content (AvgIpc) is 2.55. The molecule has 2 N–H and O–H groups in total. The molecule has 24 heavy (non-hydrogen) atoms. The van der Waals surface area contributed by atoms with E-state index in [1.54, 1.807) is 6.92 Å². The van der Waals surface area contributed by atoms with Crippen molar-refractivity contribution in [2.75, 3.05) is 7.11 Å². The number of ether oxygens (including phenoxy) is 2. The Morgan fingerprint density at radius 3 is 2.50 bits per heavy atom. The van der Waals surface area contributed by atoms with Crippen LogP contribution >= 0.6 is 0 Å². The summed E-state index contributed by atoms with van der Waals surface area (Å²) in [5.74, 6) is -0.788. The molecule has 0 spiro atoms. The lowest BCUT2D eigenvalue weighted by Gasteiger charge is -2.16. The highest BCUT2D eigenvalue weighted by Gasteiger charge is 2.17. The molecule has 0 saturated carbocycles. The second kappa shape index (κ2) is 7.53. The van der Waals surface area contributed by atoms with E-state index in [0.717, 1.165) is 12.4 Å². The minimum Gasteiger partial charge on any atom is -0.505 e. The SMILES string of the molecule is COc1cc(C(C)NC(=O)c2ncc(O)cn2)ccc1OC(F)F. The number of rotatable bonds is 6. The number of halogens is 2. The molecule has 1 aromatic heterocycles. The summed E-state index contributed by atoms with van der Waals surface area (Å²) in [5, 5.41) is 11.8. The molecule has 0 aliphatic rings. The van der Waals surface area contributed by atoms with Crippen LogP contribution in [0.1, 0.15) is 29.1 Å². The number of hydrogen-bond donors (Lipinski definition) is 2. The highest BCUT2D eigenvalue weighted by Crippen LogP contribution is 2.31. The van der Waals surface area contributed by atoms with E-state index in [2.05, 4.69) is 20.0 Å². The third kappa shape index (κ3) is 4.28. The lowest BCUT2D eigenvalue weighted by molar-refractivity contribution is -0.0512. The van der Waals surface area contributed by atoms with Crippen LogP contribution in [0.25, 0.3) is 0 Å². The molecule has 0 radical (unpaired) electrons. The number of carbonyl (C=O) groups excluding carboxylic acids is 1. The fourth-order valence-corrected chi connectivity index (χ4v) is 1.93. The molecule has 0 bridgehead atoms. The Morgan fingerprint density at radius 2 is 1.92 bits per heavy atom. The van der Waals surface area contributed by atoms with Gasteiger partial charge in [-0.2, -0.15) is 8.78 Å².